The zero-order valence-corrected chi connectivity index (χ0v) is 15.9. The van der Waals surface area contributed by atoms with E-state index < -0.39 is 0 Å². The molecule has 1 amide bonds. The number of thiazole rings is 1. The van der Waals surface area contributed by atoms with Crippen LogP contribution in [0.15, 0.2) is 71.4 Å². The number of fused-ring (bicyclic) bond motifs is 1. The molecule has 0 spiro atoms. The third kappa shape index (κ3) is 3.84. The van der Waals surface area contributed by atoms with Crippen LogP contribution in [0.1, 0.15) is 20.9 Å². The number of nitrogens with one attached hydrogen (secondary N) is 1. The van der Waals surface area contributed by atoms with Crippen LogP contribution in [0.5, 0.6) is 0 Å². The van der Waals surface area contributed by atoms with Crippen LogP contribution < -0.4 is 10.9 Å². The monoisotopic (exact) mass is 390 g/mol. The minimum absolute atomic E-state index is 0.119. The molecule has 0 radical (unpaired) electrons. The lowest BCUT2D eigenvalue weighted by Crippen LogP contribution is -2.29. The second-order valence-electron chi connectivity index (χ2n) is 6.31. The SMILES string of the molecule is O=C(NCCc1nccs1)c1cn(Cc2ccncc2)c(=O)c2ccccc12. The largest absolute Gasteiger partial charge is 0.352 e. The molecule has 28 heavy (non-hydrogen) atoms. The summed E-state index contributed by atoms with van der Waals surface area (Å²) in [6, 6.07) is 10.9. The molecule has 3 aromatic heterocycles. The Bertz CT molecular complexity index is 1150. The number of benzene rings is 1. The van der Waals surface area contributed by atoms with Crippen LogP contribution in [0.25, 0.3) is 10.8 Å². The van der Waals surface area contributed by atoms with Crippen molar-refractivity contribution in [2.45, 2.75) is 13.0 Å². The molecule has 4 rings (SSSR count). The van der Waals surface area contributed by atoms with Gasteiger partial charge in [-0.1, -0.05) is 18.2 Å². The fourth-order valence-electron chi connectivity index (χ4n) is 3.08. The van der Waals surface area contributed by atoms with Gasteiger partial charge >= 0.3 is 0 Å². The Balaban J connectivity index is 1.65. The van der Waals surface area contributed by atoms with E-state index in [1.54, 1.807) is 46.8 Å². The van der Waals surface area contributed by atoms with Gasteiger partial charge in [0, 0.05) is 53.9 Å². The number of amides is 1. The highest BCUT2D eigenvalue weighted by molar-refractivity contribution is 7.09. The number of pyridine rings is 2. The first-order chi connectivity index (χ1) is 13.7. The smallest absolute Gasteiger partial charge is 0.258 e. The highest BCUT2D eigenvalue weighted by Crippen LogP contribution is 2.16. The molecule has 0 aliphatic carbocycles. The quantitative estimate of drug-likeness (QED) is 0.549. The van der Waals surface area contributed by atoms with Crippen molar-refractivity contribution >= 4 is 28.0 Å². The van der Waals surface area contributed by atoms with Crippen molar-refractivity contribution in [1.82, 2.24) is 19.9 Å². The Morgan fingerprint density at radius 1 is 1.07 bits per heavy atom. The van der Waals surface area contributed by atoms with E-state index in [1.807, 2.05) is 35.7 Å². The van der Waals surface area contributed by atoms with Crippen LogP contribution >= 0.6 is 11.3 Å². The molecule has 0 aliphatic rings. The molecule has 0 fully saturated rings. The van der Waals surface area contributed by atoms with Crippen molar-refractivity contribution in [2.24, 2.45) is 0 Å². The van der Waals surface area contributed by atoms with E-state index >= 15 is 0 Å². The van der Waals surface area contributed by atoms with Gasteiger partial charge in [0.25, 0.3) is 11.5 Å². The van der Waals surface area contributed by atoms with E-state index in [0.29, 0.717) is 35.8 Å². The highest BCUT2D eigenvalue weighted by atomic mass is 32.1. The van der Waals surface area contributed by atoms with Gasteiger partial charge in [0.15, 0.2) is 0 Å². The summed E-state index contributed by atoms with van der Waals surface area (Å²) < 4.78 is 1.58. The summed E-state index contributed by atoms with van der Waals surface area (Å²) in [5.74, 6) is -0.198. The molecule has 0 atom stereocenters. The summed E-state index contributed by atoms with van der Waals surface area (Å²) in [5, 5.41) is 7.03. The molecule has 0 saturated carbocycles. The molecule has 6 nitrogen and oxygen atoms in total. The summed E-state index contributed by atoms with van der Waals surface area (Å²) in [7, 11) is 0. The van der Waals surface area contributed by atoms with E-state index in [9.17, 15) is 9.59 Å². The van der Waals surface area contributed by atoms with Crippen LogP contribution in [0, 0.1) is 0 Å². The van der Waals surface area contributed by atoms with E-state index in [0.717, 1.165) is 10.6 Å². The van der Waals surface area contributed by atoms with Crippen molar-refractivity contribution in [3.05, 3.63) is 93.1 Å². The zero-order valence-electron chi connectivity index (χ0n) is 15.0. The first-order valence-corrected chi connectivity index (χ1v) is 9.78. The summed E-state index contributed by atoms with van der Waals surface area (Å²) in [6.45, 7) is 0.871. The predicted octanol–water partition coefficient (Wildman–Crippen LogP) is 2.87. The number of nitrogens with zero attached hydrogens (tertiary/aromatic N) is 3. The van der Waals surface area contributed by atoms with Gasteiger partial charge in [-0.15, -0.1) is 11.3 Å². The molecule has 0 aliphatic heterocycles. The van der Waals surface area contributed by atoms with Gasteiger partial charge in [-0.05, 0) is 23.8 Å². The lowest BCUT2D eigenvalue weighted by Gasteiger charge is -2.12. The number of aromatic nitrogens is 3. The summed E-state index contributed by atoms with van der Waals surface area (Å²) in [6.07, 6.45) is 7.45. The Morgan fingerprint density at radius 3 is 2.61 bits per heavy atom. The van der Waals surface area contributed by atoms with E-state index in [-0.39, 0.29) is 11.5 Å². The van der Waals surface area contributed by atoms with Gasteiger partial charge in [-0.25, -0.2) is 4.98 Å². The van der Waals surface area contributed by atoms with E-state index in [1.165, 1.54) is 0 Å². The lowest BCUT2D eigenvalue weighted by atomic mass is 10.1. The van der Waals surface area contributed by atoms with Gasteiger partial charge < -0.3 is 9.88 Å². The first kappa shape index (κ1) is 18.1. The van der Waals surface area contributed by atoms with Crippen molar-refractivity contribution in [2.75, 3.05) is 6.54 Å². The molecule has 140 valence electrons. The van der Waals surface area contributed by atoms with Gasteiger partial charge in [-0.2, -0.15) is 0 Å². The average molecular weight is 390 g/mol. The van der Waals surface area contributed by atoms with Crippen LogP contribution in [0.2, 0.25) is 0 Å². The number of carbonyl (C=O) groups excluding carboxylic acids is 1. The number of rotatable bonds is 6. The van der Waals surface area contributed by atoms with Crippen LogP contribution in [0.3, 0.4) is 0 Å². The Hall–Kier alpha value is -3.32. The topological polar surface area (TPSA) is 76.9 Å². The summed E-state index contributed by atoms with van der Waals surface area (Å²) >= 11 is 1.57. The molecule has 3 heterocycles. The maximum absolute atomic E-state index is 12.9. The molecule has 4 aromatic rings. The van der Waals surface area contributed by atoms with Crippen molar-refractivity contribution in [1.29, 1.82) is 0 Å². The van der Waals surface area contributed by atoms with Crippen LogP contribution in [0.4, 0.5) is 0 Å². The number of hydrogen-bond acceptors (Lipinski definition) is 5. The number of hydrogen-bond donors (Lipinski definition) is 1. The van der Waals surface area contributed by atoms with Gasteiger partial charge in [0.2, 0.25) is 0 Å². The predicted molar refractivity (Wildman–Crippen MR) is 110 cm³/mol. The molecule has 1 aromatic carbocycles. The lowest BCUT2D eigenvalue weighted by molar-refractivity contribution is 0.0955. The van der Waals surface area contributed by atoms with E-state index in [2.05, 4.69) is 15.3 Å². The van der Waals surface area contributed by atoms with Crippen LogP contribution in [-0.2, 0) is 13.0 Å². The molecule has 1 N–H and O–H groups in total. The molecular formula is C21H18N4O2S. The van der Waals surface area contributed by atoms with E-state index in [4.69, 9.17) is 0 Å². The van der Waals surface area contributed by atoms with Gasteiger partial charge in [0.05, 0.1) is 17.1 Å². The normalized spacial score (nSPS) is 10.9. The number of carbonyl (C=O) groups is 1. The fourth-order valence-corrected chi connectivity index (χ4v) is 3.70. The third-order valence-electron chi connectivity index (χ3n) is 4.45. The summed E-state index contributed by atoms with van der Waals surface area (Å²) in [5.41, 5.74) is 1.32. The highest BCUT2D eigenvalue weighted by Gasteiger charge is 2.14. The van der Waals surface area contributed by atoms with Crippen molar-refractivity contribution < 1.29 is 4.79 Å². The van der Waals surface area contributed by atoms with Crippen LogP contribution in [-0.4, -0.2) is 27.0 Å². The van der Waals surface area contributed by atoms with Crippen molar-refractivity contribution in [3.63, 3.8) is 0 Å². The Kier molecular flexibility index (Phi) is 5.25. The molecule has 0 saturated heterocycles. The Morgan fingerprint density at radius 2 is 1.86 bits per heavy atom. The molecule has 0 bridgehead atoms. The Labute approximate surface area is 165 Å². The molecule has 0 unspecified atom stereocenters. The maximum Gasteiger partial charge on any atom is 0.258 e. The second-order valence-corrected chi connectivity index (χ2v) is 7.29. The first-order valence-electron chi connectivity index (χ1n) is 8.90. The minimum atomic E-state index is -0.198. The minimum Gasteiger partial charge on any atom is -0.352 e. The molecular weight excluding hydrogens is 372 g/mol. The standard InChI is InChI=1S/C21H18N4O2S/c26-20(24-10-7-19-23-11-12-28-19)18-14-25(13-15-5-8-22-9-6-15)21(27)17-4-2-1-3-16(17)18/h1-6,8-9,11-12,14H,7,10,13H2,(H,24,26). The third-order valence-corrected chi connectivity index (χ3v) is 5.29. The average Bonchev–Trinajstić information content (AvgIpc) is 3.24. The van der Waals surface area contributed by atoms with Crippen molar-refractivity contribution in [3.8, 4) is 0 Å². The second kappa shape index (κ2) is 8.14. The van der Waals surface area contributed by atoms with Gasteiger partial charge in [-0.3, -0.25) is 14.6 Å². The summed E-state index contributed by atoms with van der Waals surface area (Å²) in [4.78, 5) is 34.0. The molecule has 7 heteroatoms. The maximum atomic E-state index is 12.9. The zero-order chi connectivity index (χ0) is 19.3. The van der Waals surface area contributed by atoms with Gasteiger partial charge in [0.1, 0.15) is 0 Å². The fraction of sp³-hybridized carbons (Fsp3) is 0.143.